The van der Waals surface area contributed by atoms with E-state index in [1.165, 1.54) is 11.3 Å². The fraction of sp³-hybridized carbons (Fsp3) is 0.200. The first-order valence-electron chi connectivity index (χ1n) is 6.25. The van der Waals surface area contributed by atoms with Gasteiger partial charge in [-0.25, -0.2) is 4.79 Å². The van der Waals surface area contributed by atoms with Crippen LogP contribution in [0, 0.1) is 6.92 Å². The zero-order valence-electron chi connectivity index (χ0n) is 11.3. The first-order valence-corrected chi connectivity index (χ1v) is 7.07. The second-order valence-corrected chi connectivity index (χ2v) is 5.67. The molecule has 20 heavy (non-hydrogen) atoms. The summed E-state index contributed by atoms with van der Waals surface area (Å²) >= 11 is 1.26. The van der Waals surface area contributed by atoms with E-state index in [2.05, 4.69) is 5.32 Å². The molecule has 0 saturated carbocycles. The Morgan fingerprint density at radius 2 is 1.90 bits per heavy atom. The van der Waals surface area contributed by atoms with E-state index in [1.807, 2.05) is 26.0 Å². The molecule has 1 aromatic carbocycles. The molecule has 0 fully saturated rings. The Balaban J connectivity index is 2.20. The average Bonchev–Trinajstić information content (AvgIpc) is 2.80. The summed E-state index contributed by atoms with van der Waals surface area (Å²) in [4.78, 5) is 24.0. The summed E-state index contributed by atoms with van der Waals surface area (Å²) in [6.45, 7) is 3.85. The summed E-state index contributed by atoms with van der Waals surface area (Å²) < 4.78 is 0. The van der Waals surface area contributed by atoms with Gasteiger partial charge in [-0.2, -0.15) is 0 Å². The lowest BCUT2D eigenvalue weighted by molar-refractivity contribution is 0.0698. The van der Waals surface area contributed by atoms with E-state index in [0.717, 1.165) is 16.9 Å². The van der Waals surface area contributed by atoms with E-state index in [-0.39, 0.29) is 11.5 Å². The van der Waals surface area contributed by atoms with Gasteiger partial charge in [0, 0.05) is 10.4 Å². The maximum absolute atomic E-state index is 12.1. The first kappa shape index (κ1) is 14.3. The van der Waals surface area contributed by atoms with Crippen LogP contribution in [0.2, 0.25) is 0 Å². The van der Waals surface area contributed by atoms with Gasteiger partial charge in [-0.1, -0.05) is 19.1 Å². The molecule has 1 amide bonds. The molecule has 2 N–H and O–H groups in total. The van der Waals surface area contributed by atoms with Crippen LogP contribution < -0.4 is 5.32 Å². The number of aryl methyl sites for hydroxylation is 2. The van der Waals surface area contributed by atoms with Crippen LogP contribution in [0.1, 0.15) is 38.1 Å². The third kappa shape index (κ3) is 3.05. The Morgan fingerprint density at radius 1 is 1.25 bits per heavy atom. The lowest BCUT2D eigenvalue weighted by Gasteiger charge is -2.05. The first-order chi connectivity index (χ1) is 9.51. The summed E-state index contributed by atoms with van der Waals surface area (Å²) in [6.07, 6.45) is 0.912. The zero-order valence-corrected chi connectivity index (χ0v) is 12.1. The Morgan fingerprint density at radius 3 is 2.45 bits per heavy atom. The summed E-state index contributed by atoms with van der Waals surface area (Å²) in [6, 6.07) is 8.84. The number of anilines is 1. The number of benzene rings is 1. The molecule has 1 aromatic heterocycles. The molecule has 0 aliphatic rings. The summed E-state index contributed by atoms with van der Waals surface area (Å²) in [5, 5.41) is 12.1. The van der Waals surface area contributed by atoms with Crippen molar-refractivity contribution in [1.29, 1.82) is 0 Å². The molecule has 0 atom stereocenters. The molecule has 0 unspecified atom stereocenters. The minimum absolute atomic E-state index is 0.131. The number of amides is 1. The molecular formula is C15H15NO3S. The number of carbonyl (C=O) groups is 2. The van der Waals surface area contributed by atoms with Gasteiger partial charge in [0.15, 0.2) is 0 Å². The van der Waals surface area contributed by atoms with Crippen molar-refractivity contribution < 1.29 is 14.7 Å². The minimum atomic E-state index is -1.04. The van der Waals surface area contributed by atoms with Gasteiger partial charge in [0.25, 0.3) is 5.91 Å². The number of thiophene rings is 1. The predicted molar refractivity (Wildman–Crippen MR) is 79.8 cm³/mol. The van der Waals surface area contributed by atoms with Crippen LogP contribution in [0.5, 0.6) is 0 Å². The topological polar surface area (TPSA) is 66.4 Å². The highest BCUT2D eigenvalue weighted by Crippen LogP contribution is 2.28. The summed E-state index contributed by atoms with van der Waals surface area (Å²) in [7, 11) is 0. The number of aromatic carboxylic acids is 1. The van der Waals surface area contributed by atoms with Gasteiger partial charge in [-0.05, 0) is 37.1 Å². The van der Waals surface area contributed by atoms with Gasteiger partial charge in [-0.15, -0.1) is 11.3 Å². The van der Waals surface area contributed by atoms with Crippen LogP contribution in [-0.2, 0) is 6.42 Å². The smallest absolute Gasteiger partial charge is 0.338 e. The molecule has 0 spiro atoms. The monoisotopic (exact) mass is 289 g/mol. The number of hydrogen-bond acceptors (Lipinski definition) is 3. The van der Waals surface area contributed by atoms with E-state index in [0.29, 0.717) is 10.6 Å². The lowest BCUT2D eigenvalue weighted by atomic mass is 10.1. The third-order valence-corrected chi connectivity index (χ3v) is 3.90. The van der Waals surface area contributed by atoms with Crippen molar-refractivity contribution >= 4 is 28.2 Å². The zero-order chi connectivity index (χ0) is 14.7. The van der Waals surface area contributed by atoms with Crippen LogP contribution in [-0.4, -0.2) is 17.0 Å². The van der Waals surface area contributed by atoms with Crippen LogP contribution in [0.4, 0.5) is 5.00 Å². The van der Waals surface area contributed by atoms with Crippen LogP contribution in [0.15, 0.2) is 30.3 Å². The van der Waals surface area contributed by atoms with Gasteiger partial charge in [-0.3, -0.25) is 4.79 Å². The SMILES string of the molecule is CCc1ccc(C(=O)Nc2sc(C)cc2C(=O)O)cc1. The molecule has 0 saturated heterocycles. The number of nitrogens with one attached hydrogen (secondary N) is 1. The second kappa shape index (κ2) is 5.88. The molecule has 0 bridgehead atoms. The van der Waals surface area contributed by atoms with Gasteiger partial charge in [0.05, 0.1) is 5.56 Å². The Labute approximate surface area is 121 Å². The van der Waals surface area contributed by atoms with Crippen LogP contribution in [0.25, 0.3) is 0 Å². The molecular weight excluding hydrogens is 274 g/mol. The fourth-order valence-corrected chi connectivity index (χ4v) is 2.73. The van der Waals surface area contributed by atoms with E-state index in [4.69, 9.17) is 5.11 Å². The second-order valence-electron chi connectivity index (χ2n) is 4.41. The van der Waals surface area contributed by atoms with Crippen molar-refractivity contribution in [1.82, 2.24) is 0 Å². The Hall–Kier alpha value is -2.14. The van der Waals surface area contributed by atoms with Crippen LogP contribution >= 0.6 is 11.3 Å². The summed E-state index contributed by atoms with van der Waals surface area (Å²) in [5.74, 6) is -1.33. The lowest BCUT2D eigenvalue weighted by Crippen LogP contribution is -2.13. The van der Waals surface area contributed by atoms with Crippen molar-refractivity contribution in [3.63, 3.8) is 0 Å². The van der Waals surface area contributed by atoms with Crippen molar-refractivity contribution in [3.05, 3.63) is 51.9 Å². The van der Waals surface area contributed by atoms with Crippen LogP contribution in [0.3, 0.4) is 0 Å². The highest BCUT2D eigenvalue weighted by Gasteiger charge is 2.16. The average molecular weight is 289 g/mol. The third-order valence-electron chi connectivity index (χ3n) is 2.94. The van der Waals surface area contributed by atoms with Crippen molar-refractivity contribution in [3.8, 4) is 0 Å². The minimum Gasteiger partial charge on any atom is -0.478 e. The van der Waals surface area contributed by atoms with E-state index in [1.54, 1.807) is 18.2 Å². The van der Waals surface area contributed by atoms with Crippen molar-refractivity contribution in [2.75, 3.05) is 5.32 Å². The standard InChI is InChI=1S/C15H15NO3S/c1-3-10-4-6-11(7-5-10)13(17)16-14-12(15(18)19)8-9(2)20-14/h4-8H,3H2,1-2H3,(H,16,17)(H,18,19). The number of carbonyl (C=O) groups excluding carboxylic acids is 1. The highest BCUT2D eigenvalue weighted by atomic mass is 32.1. The fourth-order valence-electron chi connectivity index (χ4n) is 1.83. The van der Waals surface area contributed by atoms with Crippen molar-refractivity contribution in [2.45, 2.75) is 20.3 Å². The van der Waals surface area contributed by atoms with Gasteiger partial charge in [0.2, 0.25) is 0 Å². The largest absolute Gasteiger partial charge is 0.478 e. The predicted octanol–water partition coefficient (Wildman–Crippen LogP) is 3.57. The number of rotatable bonds is 4. The number of carboxylic acid groups (broad SMARTS) is 1. The summed E-state index contributed by atoms with van der Waals surface area (Å²) in [5.41, 5.74) is 1.80. The van der Waals surface area contributed by atoms with Gasteiger partial charge < -0.3 is 10.4 Å². The Bertz CT molecular complexity index is 644. The maximum atomic E-state index is 12.1. The molecule has 0 aliphatic carbocycles. The molecule has 5 heteroatoms. The highest BCUT2D eigenvalue weighted by molar-refractivity contribution is 7.16. The molecule has 104 valence electrons. The molecule has 1 heterocycles. The molecule has 4 nitrogen and oxygen atoms in total. The van der Waals surface area contributed by atoms with Gasteiger partial charge in [0.1, 0.15) is 5.00 Å². The Kier molecular flexibility index (Phi) is 4.20. The normalized spacial score (nSPS) is 10.3. The molecule has 2 rings (SSSR count). The molecule has 0 radical (unpaired) electrons. The number of carboxylic acids is 1. The van der Waals surface area contributed by atoms with Gasteiger partial charge >= 0.3 is 5.97 Å². The quantitative estimate of drug-likeness (QED) is 0.904. The van der Waals surface area contributed by atoms with E-state index in [9.17, 15) is 9.59 Å². The van der Waals surface area contributed by atoms with E-state index < -0.39 is 5.97 Å². The number of hydrogen-bond donors (Lipinski definition) is 2. The molecule has 0 aliphatic heterocycles. The molecule has 2 aromatic rings. The maximum Gasteiger partial charge on any atom is 0.338 e. The van der Waals surface area contributed by atoms with E-state index >= 15 is 0 Å². The van der Waals surface area contributed by atoms with Crippen molar-refractivity contribution in [2.24, 2.45) is 0 Å².